The zero-order valence-electron chi connectivity index (χ0n) is 26.7. The van der Waals surface area contributed by atoms with Crippen molar-refractivity contribution in [1.29, 1.82) is 0 Å². The number of nitro benzene ring substituents is 1. The quantitative estimate of drug-likeness (QED) is 0.0702. The lowest BCUT2D eigenvalue weighted by Crippen LogP contribution is -2.71. The van der Waals surface area contributed by atoms with Gasteiger partial charge >= 0.3 is 11.9 Å². The molecule has 0 bridgehead atoms. The first-order valence-electron chi connectivity index (χ1n) is 15.2. The summed E-state index contributed by atoms with van der Waals surface area (Å²) in [7, 11) is 1.26. The molecule has 15 nitrogen and oxygen atoms in total. The summed E-state index contributed by atoms with van der Waals surface area (Å²) in [6.07, 6.45) is -0.852. The van der Waals surface area contributed by atoms with Gasteiger partial charge in [0.25, 0.3) is 17.5 Å². The summed E-state index contributed by atoms with van der Waals surface area (Å²) in [6, 6.07) is 21.9. The Hall–Kier alpha value is -6.07. The van der Waals surface area contributed by atoms with Gasteiger partial charge in [-0.1, -0.05) is 65.8 Å². The number of hydrogen-bond acceptors (Lipinski definition) is 14. The lowest BCUT2D eigenvalue weighted by atomic mass is 10.0. The van der Waals surface area contributed by atoms with Crippen molar-refractivity contribution in [3.63, 3.8) is 0 Å². The Labute approximate surface area is 298 Å². The predicted molar refractivity (Wildman–Crippen MR) is 186 cm³/mol. The van der Waals surface area contributed by atoms with Gasteiger partial charge in [-0.05, 0) is 23.3 Å². The Kier molecular flexibility index (Phi) is 10.4. The standard InChI is InChI=1S/C34H28N6O9S2/c1-47-38-25(24-18-51-34(35)36-24)29(41)37-26-30(42)39-27(33(44)49-28(19-8-4-2-5-9-19)20-10-6-3-7-11-20)22(17-50-31(26)39)16-48-32(43)21-12-14-23(15-13-21)40(45)46/h2-15,18,26,28,31H,16-17H2,1H3,(H2,35,36)(H,37,41)/b38-25+/t26?,31-/m1/s1. The highest BCUT2D eigenvalue weighted by Crippen LogP contribution is 2.42. The van der Waals surface area contributed by atoms with Crippen LogP contribution >= 0.6 is 23.1 Å². The zero-order chi connectivity index (χ0) is 36.1. The molecule has 0 radical (unpaired) electrons. The van der Waals surface area contributed by atoms with Gasteiger partial charge in [0, 0.05) is 28.8 Å². The molecule has 2 atom stereocenters. The number of amides is 2. The molecular formula is C34H28N6O9S2. The van der Waals surface area contributed by atoms with Crippen LogP contribution in [-0.4, -0.2) is 75.2 Å². The highest BCUT2D eigenvalue weighted by atomic mass is 32.2. The van der Waals surface area contributed by atoms with Crippen LogP contribution in [0.15, 0.2) is 107 Å². The van der Waals surface area contributed by atoms with Crippen LogP contribution in [0, 0.1) is 10.1 Å². The summed E-state index contributed by atoms with van der Waals surface area (Å²) in [5.41, 5.74) is 7.07. The molecule has 1 fully saturated rings. The van der Waals surface area contributed by atoms with Gasteiger partial charge in [0.1, 0.15) is 36.5 Å². The summed E-state index contributed by atoms with van der Waals surface area (Å²) in [5.74, 6) is -2.88. The molecule has 0 aliphatic carbocycles. The number of carbonyl (C=O) groups excluding carboxylic acids is 4. The number of nitrogens with one attached hydrogen (secondary N) is 1. The van der Waals surface area contributed by atoms with E-state index in [1.165, 1.54) is 53.4 Å². The van der Waals surface area contributed by atoms with Crippen LogP contribution in [0.2, 0.25) is 0 Å². The van der Waals surface area contributed by atoms with Crippen molar-refractivity contribution in [3.8, 4) is 0 Å². The second-order valence-electron chi connectivity index (χ2n) is 11.0. The van der Waals surface area contributed by atoms with E-state index in [1.807, 2.05) is 36.4 Å². The topological polar surface area (TPSA) is 206 Å². The average molecular weight is 729 g/mol. The number of carbonyl (C=O) groups is 4. The van der Waals surface area contributed by atoms with Crippen molar-refractivity contribution >= 4 is 63.4 Å². The summed E-state index contributed by atoms with van der Waals surface area (Å²) in [6.45, 7) is -0.391. The Morgan fingerprint density at radius 3 is 2.25 bits per heavy atom. The van der Waals surface area contributed by atoms with E-state index in [4.69, 9.17) is 20.0 Å². The van der Waals surface area contributed by atoms with Crippen molar-refractivity contribution in [3.05, 3.63) is 134 Å². The number of benzene rings is 3. The lowest BCUT2D eigenvalue weighted by Gasteiger charge is -2.49. The van der Waals surface area contributed by atoms with Crippen LogP contribution in [0.4, 0.5) is 10.8 Å². The molecule has 6 rings (SSSR count). The first kappa shape index (κ1) is 34.8. The maximum Gasteiger partial charge on any atom is 0.356 e. The molecular weight excluding hydrogens is 701 g/mol. The smallest absolute Gasteiger partial charge is 0.356 e. The first-order valence-corrected chi connectivity index (χ1v) is 17.1. The van der Waals surface area contributed by atoms with Crippen LogP contribution in [0.3, 0.4) is 0 Å². The van der Waals surface area contributed by atoms with Gasteiger partial charge in [0.2, 0.25) is 0 Å². The summed E-state index contributed by atoms with van der Waals surface area (Å²) in [5, 5.41) is 18.5. The molecule has 1 aromatic heterocycles. The van der Waals surface area contributed by atoms with E-state index in [0.29, 0.717) is 11.1 Å². The minimum atomic E-state index is -1.06. The second-order valence-corrected chi connectivity index (χ2v) is 13.0. The molecule has 17 heteroatoms. The van der Waals surface area contributed by atoms with E-state index in [-0.39, 0.29) is 44.8 Å². The van der Waals surface area contributed by atoms with Crippen molar-refractivity contribution in [2.45, 2.75) is 17.5 Å². The van der Waals surface area contributed by atoms with E-state index < -0.39 is 52.8 Å². The minimum absolute atomic E-state index is 0.0538. The number of esters is 2. The monoisotopic (exact) mass is 728 g/mol. The van der Waals surface area contributed by atoms with Gasteiger partial charge in [-0.2, -0.15) is 0 Å². The second kappa shape index (κ2) is 15.2. The van der Waals surface area contributed by atoms with Gasteiger partial charge in [0.15, 0.2) is 16.9 Å². The molecule has 0 spiro atoms. The Morgan fingerprint density at radius 1 is 1.04 bits per heavy atom. The van der Waals surface area contributed by atoms with Crippen molar-refractivity contribution < 1.29 is 38.4 Å². The fourth-order valence-corrected chi connectivity index (χ4v) is 7.26. The number of ether oxygens (including phenoxy) is 2. The van der Waals surface area contributed by atoms with E-state index in [1.54, 1.807) is 24.3 Å². The third-order valence-corrected chi connectivity index (χ3v) is 9.82. The van der Waals surface area contributed by atoms with E-state index >= 15 is 0 Å². The Morgan fingerprint density at radius 2 is 1.69 bits per heavy atom. The van der Waals surface area contributed by atoms with Gasteiger partial charge in [-0.3, -0.25) is 24.6 Å². The number of fused-ring (bicyclic) bond motifs is 1. The maximum atomic E-state index is 14.2. The molecule has 260 valence electrons. The third-order valence-electron chi connectivity index (χ3n) is 7.81. The molecule has 3 aromatic carbocycles. The summed E-state index contributed by atoms with van der Waals surface area (Å²) >= 11 is 2.34. The molecule has 2 amide bonds. The van der Waals surface area contributed by atoms with Gasteiger partial charge in [0.05, 0.1) is 10.5 Å². The number of thioether (sulfide) groups is 1. The molecule has 51 heavy (non-hydrogen) atoms. The highest BCUT2D eigenvalue weighted by molar-refractivity contribution is 8.00. The van der Waals surface area contributed by atoms with E-state index in [0.717, 1.165) is 11.3 Å². The van der Waals surface area contributed by atoms with Gasteiger partial charge in [-0.15, -0.1) is 23.1 Å². The number of nitrogen functional groups attached to an aromatic ring is 1. The number of nitrogens with two attached hydrogens (primary N) is 1. The van der Waals surface area contributed by atoms with Gasteiger partial charge in [-0.25, -0.2) is 14.6 Å². The largest absolute Gasteiger partial charge is 0.457 e. The fourth-order valence-electron chi connectivity index (χ4n) is 5.39. The maximum absolute atomic E-state index is 14.2. The Balaban J connectivity index is 1.28. The predicted octanol–water partition coefficient (Wildman–Crippen LogP) is 3.83. The van der Waals surface area contributed by atoms with E-state index in [9.17, 15) is 29.3 Å². The molecule has 2 aliphatic heterocycles. The third kappa shape index (κ3) is 7.43. The molecule has 1 unspecified atom stereocenters. The van der Waals surface area contributed by atoms with Crippen LogP contribution in [0.5, 0.6) is 0 Å². The number of nitro groups is 1. The molecule has 1 saturated heterocycles. The lowest BCUT2D eigenvalue weighted by molar-refractivity contribution is -0.384. The Bertz CT molecular complexity index is 2000. The van der Waals surface area contributed by atoms with Crippen molar-refractivity contribution in [2.24, 2.45) is 5.16 Å². The fraction of sp³-hybridized carbons (Fsp3) is 0.176. The number of nitrogens with zero attached hydrogens (tertiary/aromatic N) is 4. The number of rotatable bonds is 12. The highest BCUT2D eigenvalue weighted by Gasteiger charge is 2.55. The number of β-lactam (4-membered cyclic amide) rings is 1. The van der Waals surface area contributed by atoms with Crippen molar-refractivity contribution in [2.75, 3.05) is 25.2 Å². The van der Waals surface area contributed by atoms with Crippen LogP contribution in [-0.2, 0) is 28.7 Å². The van der Waals surface area contributed by atoms with Crippen LogP contribution in [0.1, 0.15) is 33.3 Å². The molecule has 3 heterocycles. The first-order chi connectivity index (χ1) is 24.7. The number of aromatic nitrogens is 1. The molecule has 0 saturated carbocycles. The SMILES string of the molecule is CO/N=C(/C(=O)NC1C(=O)N2C(C(=O)OC(c3ccccc3)c3ccccc3)=C(COC(=O)c3ccc([N+](=O)[O-])cc3)CS[C@H]12)c1csc(N)n1. The molecule has 2 aliphatic rings. The van der Waals surface area contributed by atoms with E-state index in [2.05, 4.69) is 15.5 Å². The molecule has 3 N–H and O–H groups in total. The summed E-state index contributed by atoms with van der Waals surface area (Å²) in [4.78, 5) is 74.8. The number of thiazole rings is 1. The number of non-ortho nitro benzene ring substituents is 1. The normalized spacial score (nSPS) is 16.9. The number of hydrogen-bond donors (Lipinski definition) is 2. The summed E-state index contributed by atoms with van der Waals surface area (Å²) < 4.78 is 11.6. The van der Waals surface area contributed by atoms with Crippen molar-refractivity contribution in [1.82, 2.24) is 15.2 Å². The van der Waals surface area contributed by atoms with Crippen LogP contribution in [0.25, 0.3) is 0 Å². The van der Waals surface area contributed by atoms with Gasteiger partial charge < -0.3 is 25.4 Å². The average Bonchev–Trinajstić information content (AvgIpc) is 3.59. The minimum Gasteiger partial charge on any atom is -0.457 e. The van der Waals surface area contributed by atoms with Crippen LogP contribution < -0.4 is 11.1 Å². The molecule has 4 aromatic rings. The number of anilines is 1. The number of oxime groups is 1. The zero-order valence-corrected chi connectivity index (χ0v) is 28.3.